The molecule has 220 valence electrons. The number of methoxy groups -OCH3 is 3. The topological polar surface area (TPSA) is 137 Å². The smallest absolute Gasteiger partial charge is 0.302 e. The molecule has 0 rings (SSSR count). The van der Waals surface area contributed by atoms with E-state index in [9.17, 15) is 24.0 Å². The molecule has 0 aliphatic carbocycles. The van der Waals surface area contributed by atoms with Crippen LogP contribution in [0.1, 0.15) is 93.5 Å². The standard InChI is InChI=1S/2C3H7NO.2C3H6O2.C3H6O.C2H6O.7CH4/c2*1-3(5)4-2;2*1-3(4)5-2;1-3(2)4;1-3-2;;;;;;;/h2*1-2H3,(H,4,5);2*1-2H3;1-2H3;1-2H3;7*1H4. The van der Waals surface area contributed by atoms with Crippen molar-refractivity contribution in [2.24, 2.45) is 0 Å². The van der Waals surface area contributed by atoms with Crippen LogP contribution in [0.15, 0.2) is 0 Å². The van der Waals surface area contributed by atoms with E-state index in [1.54, 1.807) is 28.3 Å². The van der Waals surface area contributed by atoms with Crippen LogP contribution in [0.25, 0.3) is 0 Å². The highest BCUT2D eigenvalue weighted by molar-refractivity contribution is 5.72. The van der Waals surface area contributed by atoms with E-state index < -0.39 is 0 Å². The summed E-state index contributed by atoms with van der Waals surface area (Å²) in [5.74, 6) is -0.315. The molecule has 2 N–H and O–H groups in total. The van der Waals surface area contributed by atoms with Crippen molar-refractivity contribution in [3.8, 4) is 0 Å². The fourth-order valence-corrected chi connectivity index (χ4v) is 0. The van der Waals surface area contributed by atoms with Gasteiger partial charge in [0.05, 0.1) is 14.2 Å². The Labute approximate surface area is 214 Å². The van der Waals surface area contributed by atoms with Gasteiger partial charge in [-0.25, -0.2) is 0 Å². The minimum atomic E-state index is -0.245. The highest BCUT2D eigenvalue weighted by Gasteiger charge is 1.76. The number of carbonyl (C=O) groups is 5. The first-order valence-electron chi connectivity index (χ1n) is 7.56. The fourth-order valence-electron chi connectivity index (χ4n) is 0. The Balaban J connectivity index is -0.0000000137. The number of carbonyl (C=O) groups excluding carboxylic acids is 5. The molecule has 0 spiro atoms. The molecule has 0 aromatic heterocycles. The summed E-state index contributed by atoms with van der Waals surface area (Å²) < 4.78 is 12.5. The van der Waals surface area contributed by atoms with Gasteiger partial charge in [0.1, 0.15) is 5.78 Å². The van der Waals surface area contributed by atoms with Gasteiger partial charge in [-0.2, -0.15) is 0 Å². The monoisotopic (exact) mass is 510 g/mol. The lowest BCUT2D eigenvalue weighted by atomic mass is 10.6. The van der Waals surface area contributed by atoms with Gasteiger partial charge < -0.3 is 29.6 Å². The molecular weight excluding hydrogens is 444 g/mol. The Kier molecular flexibility index (Phi) is 218. The van der Waals surface area contributed by atoms with Crippen molar-refractivity contribution in [3.05, 3.63) is 0 Å². The molecule has 0 radical (unpaired) electrons. The second-order valence-corrected chi connectivity index (χ2v) is 4.32. The molecule has 0 bridgehead atoms. The summed E-state index contributed by atoms with van der Waals surface area (Å²) in [5, 5.41) is 4.78. The molecule has 2 amide bonds. The minimum Gasteiger partial charge on any atom is -0.469 e. The van der Waals surface area contributed by atoms with E-state index in [0.717, 1.165) is 0 Å². The van der Waals surface area contributed by atoms with Crippen LogP contribution in [-0.4, -0.2) is 72.1 Å². The van der Waals surface area contributed by atoms with Gasteiger partial charge in [-0.3, -0.25) is 19.2 Å². The number of esters is 2. The highest BCUT2D eigenvalue weighted by Crippen LogP contribution is 1.60. The molecule has 10 nitrogen and oxygen atoms in total. The Bertz CT molecular complexity index is 316. The van der Waals surface area contributed by atoms with Crippen LogP contribution < -0.4 is 10.6 Å². The van der Waals surface area contributed by atoms with E-state index in [0.29, 0.717) is 0 Å². The largest absolute Gasteiger partial charge is 0.469 e. The van der Waals surface area contributed by atoms with E-state index in [-0.39, 0.29) is 81.5 Å². The van der Waals surface area contributed by atoms with Gasteiger partial charge in [-0.05, 0) is 13.8 Å². The Morgan fingerprint density at radius 2 is 0.529 bits per heavy atom. The number of nitrogens with one attached hydrogen (secondary N) is 2. The number of rotatable bonds is 0. The molecular formula is C24H66N2O8. The summed E-state index contributed by atoms with van der Waals surface area (Å²) in [4.78, 5) is 48.0. The minimum absolute atomic E-state index is 0. The lowest BCUT2D eigenvalue weighted by Crippen LogP contribution is -2.11. The van der Waals surface area contributed by atoms with Gasteiger partial charge in [0, 0.05) is 56.0 Å². The van der Waals surface area contributed by atoms with Crippen molar-refractivity contribution < 1.29 is 38.2 Å². The van der Waals surface area contributed by atoms with E-state index in [1.165, 1.54) is 55.8 Å². The fraction of sp³-hybridized carbons (Fsp3) is 0.792. The summed E-state index contributed by atoms with van der Waals surface area (Å²) >= 11 is 0. The molecule has 0 aromatic carbocycles. The van der Waals surface area contributed by atoms with Crippen LogP contribution in [0.4, 0.5) is 0 Å². The molecule has 0 aliphatic rings. The molecule has 0 saturated heterocycles. The first-order chi connectivity index (χ1) is 12.2. The van der Waals surface area contributed by atoms with Crippen LogP contribution in [0.3, 0.4) is 0 Å². The molecule has 10 heteroatoms. The van der Waals surface area contributed by atoms with Crippen molar-refractivity contribution in [3.63, 3.8) is 0 Å². The molecule has 0 heterocycles. The molecule has 0 fully saturated rings. The van der Waals surface area contributed by atoms with Crippen LogP contribution in [0.2, 0.25) is 0 Å². The van der Waals surface area contributed by atoms with Gasteiger partial charge >= 0.3 is 11.9 Å². The second-order valence-electron chi connectivity index (χ2n) is 4.32. The first kappa shape index (κ1) is 85.6. The molecule has 0 aliphatic heterocycles. The average Bonchev–Trinajstić information content (AvgIpc) is 2.56. The maximum atomic E-state index is 9.70. The number of ether oxygens (including phenoxy) is 3. The van der Waals surface area contributed by atoms with Gasteiger partial charge in [0.15, 0.2) is 0 Å². The van der Waals surface area contributed by atoms with Gasteiger partial charge in [-0.15, -0.1) is 0 Å². The third kappa shape index (κ3) is 790. The van der Waals surface area contributed by atoms with Crippen molar-refractivity contribution in [2.45, 2.75) is 93.5 Å². The normalized spacial score (nSPS) is 5.29. The van der Waals surface area contributed by atoms with Crippen LogP contribution in [0, 0.1) is 0 Å². The van der Waals surface area contributed by atoms with Crippen LogP contribution in [-0.2, 0) is 38.2 Å². The van der Waals surface area contributed by atoms with Gasteiger partial charge in [0.25, 0.3) is 0 Å². The third-order valence-electron chi connectivity index (χ3n) is 1.28. The van der Waals surface area contributed by atoms with E-state index in [4.69, 9.17) is 0 Å². The summed E-state index contributed by atoms with van der Waals surface area (Å²) in [6, 6.07) is 0. The number of ketones is 1. The molecule has 0 unspecified atom stereocenters. The molecule has 0 atom stereocenters. The van der Waals surface area contributed by atoms with Crippen molar-refractivity contribution in [1.82, 2.24) is 10.6 Å². The summed E-state index contributed by atoms with van der Waals surface area (Å²) in [5.41, 5.74) is 0. The van der Waals surface area contributed by atoms with E-state index >= 15 is 0 Å². The maximum absolute atomic E-state index is 9.70. The third-order valence-corrected chi connectivity index (χ3v) is 1.28. The second kappa shape index (κ2) is 86.7. The number of Topliss-reactive ketones (excluding diaryl/α,β-unsaturated/α-hetero) is 1. The summed E-state index contributed by atoms with van der Waals surface area (Å²) in [6.45, 7) is 8.72. The SMILES string of the molecule is C.C.C.C.C.C.C.CC(C)=O.CNC(C)=O.CNC(C)=O.COC.COC(C)=O.COC(C)=O. The predicted molar refractivity (Wildman–Crippen MR) is 151 cm³/mol. The molecule has 0 saturated carbocycles. The summed E-state index contributed by atoms with van der Waals surface area (Å²) in [7, 11) is 9.15. The first-order valence-corrected chi connectivity index (χ1v) is 7.56. The van der Waals surface area contributed by atoms with Crippen LogP contribution in [0.5, 0.6) is 0 Å². The van der Waals surface area contributed by atoms with E-state index in [1.807, 2.05) is 0 Å². The zero-order chi connectivity index (χ0) is 23.4. The summed E-state index contributed by atoms with van der Waals surface area (Å²) in [6.07, 6.45) is 0. The van der Waals surface area contributed by atoms with Crippen molar-refractivity contribution >= 4 is 29.5 Å². The Hall–Kier alpha value is -2.49. The van der Waals surface area contributed by atoms with Crippen LogP contribution >= 0.6 is 0 Å². The van der Waals surface area contributed by atoms with Gasteiger partial charge in [0.2, 0.25) is 11.8 Å². The highest BCUT2D eigenvalue weighted by atomic mass is 16.5. The lowest BCUT2D eigenvalue weighted by Gasteiger charge is -1.80. The Morgan fingerprint density at radius 1 is 0.471 bits per heavy atom. The predicted octanol–water partition coefficient (Wildman–Crippen LogP) is 5.17. The quantitative estimate of drug-likeness (QED) is 0.426. The lowest BCUT2D eigenvalue weighted by molar-refractivity contribution is -0.138. The van der Waals surface area contributed by atoms with E-state index in [2.05, 4.69) is 24.8 Å². The number of amides is 2. The number of hydrogen-bond donors (Lipinski definition) is 2. The number of hydrogen-bond acceptors (Lipinski definition) is 8. The Morgan fingerprint density at radius 3 is 0.529 bits per heavy atom. The average molecular weight is 511 g/mol. The van der Waals surface area contributed by atoms with Gasteiger partial charge in [-0.1, -0.05) is 52.0 Å². The zero-order valence-corrected chi connectivity index (χ0v) is 18.8. The molecule has 34 heavy (non-hydrogen) atoms. The zero-order valence-electron chi connectivity index (χ0n) is 18.8. The van der Waals surface area contributed by atoms with Crippen molar-refractivity contribution in [1.29, 1.82) is 0 Å². The maximum Gasteiger partial charge on any atom is 0.302 e. The van der Waals surface area contributed by atoms with Crippen molar-refractivity contribution in [2.75, 3.05) is 42.5 Å². The molecule has 0 aromatic rings.